The lowest BCUT2D eigenvalue weighted by Gasteiger charge is -2.19. The summed E-state index contributed by atoms with van der Waals surface area (Å²) in [5.74, 6) is -0.186. The Labute approximate surface area is 161 Å². The zero-order valence-corrected chi connectivity index (χ0v) is 16.2. The molecule has 1 N–H and O–H groups in total. The van der Waals surface area contributed by atoms with E-state index < -0.39 is 14.9 Å². The fraction of sp³-hybridized carbons (Fsp3) is 0.235. The van der Waals surface area contributed by atoms with E-state index in [2.05, 4.69) is 4.99 Å². The van der Waals surface area contributed by atoms with E-state index in [-0.39, 0.29) is 32.6 Å². The number of phenols is 1. The number of halogens is 1. The third-order valence-electron chi connectivity index (χ3n) is 3.81. The Hall–Kier alpha value is -2.49. The molecule has 0 amide bonds. The molecule has 0 aliphatic carbocycles. The predicted molar refractivity (Wildman–Crippen MR) is 104 cm³/mol. The molecule has 8 nitrogen and oxygen atoms in total. The normalized spacial score (nSPS) is 12.0. The van der Waals surface area contributed by atoms with E-state index in [0.717, 1.165) is 0 Å². The summed E-state index contributed by atoms with van der Waals surface area (Å²) in [7, 11) is -3.77. The van der Waals surface area contributed by atoms with Gasteiger partial charge < -0.3 is 5.11 Å². The summed E-state index contributed by atoms with van der Waals surface area (Å²) >= 11 is 6.06. The molecule has 0 aliphatic rings. The first-order valence-electron chi connectivity index (χ1n) is 8.01. The summed E-state index contributed by atoms with van der Waals surface area (Å²) in [5, 5.41) is 20.7. The number of hydrogen-bond acceptors (Lipinski definition) is 6. The monoisotopic (exact) mass is 411 g/mol. The van der Waals surface area contributed by atoms with Crippen molar-refractivity contribution in [2.75, 3.05) is 13.1 Å². The van der Waals surface area contributed by atoms with Gasteiger partial charge in [0.15, 0.2) is 0 Å². The number of nitro groups is 1. The molecule has 0 spiro atoms. The Morgan fingerprint density at radius 2 is 1.89 bits per heavy atom. The van der Waals surface area contributed by atoms with Crippen molar-refractivity contribution in [2.24, 2.45) is 4.99 Å². The molecule has 2 rings (SSSR count). The molecular formula is C17H18ClN3O5S. The summed E-state index contributed by atoms with van der Waals surface area (Å²) in [4.78, 5) is 14.3. The van der Waals surface area contributed by atoms with Crippen LogP contribution >= 0.6 is 11.6 Å². The van der Waals surface area contributed by atoms with Crippen LogP contribution in [0, 0.1) is 10.1 Å². The van der Waals surface area contributed by atoms with Crippen molar-refractivity contribution < 1.29 is 18.4 Å². The summed E-state index contributed by atoms with van der Waals surface area (Å²) in [6, 6.07) is 7.77. The van der Waals surface area contributed by atoms with E-state index in [1.165, 1.54) is 46.9 Å². The molecule has 0 radical (unpaired) electrons. The number of aromatic hydroxyl groups is 1. The van der Waals surface area contributed by atoms with Gasteiger partial charge in [-0.1, -0.05) is 25.4 Å². The highest BCUT2D eigenvalue weighted by molar-refractivity contribution is 7.89. The molecule has 2 aromatic rings. The van der Waals surface area contributed by atoms with Crippen LogP contribution < -0.4 is 0 Å². The van der Waals surface area contributed by atoms with Crippen LogP contribution in [0.5, 0.6) is 5.75 Å². The molecule has 0 atom stereocenters. The second kappa shape index (κ2) is 8.47. The van der Waals surface area contributed by atoms with Crippen molar-refractivity contribution in [2.45, 2.75) is 18.7 Å². The smallest absolute Gasteiger partial charge is 0.270 e. The maximum Gasteiger partial charge on any atom is 0.270 e. The van der Waals surface area contributed by atoms with Crippen molar-refractivity contribution in [1.82, 2.24) is 4.31 Å². The number of non-ortho nitro benzene ring substituents is 1. The Morgan fingerprint density at radius 3 is 2.48 bits per heavy atom. The zero-order chi connectivity index (χ0) is 20.2. The highest BCUT2D eigenvalue weighted by Gasteiger charge is 2.24. The minimum Gasteiger partial charge on any atom is -0.507 e. The lowest BCUT2D eigenvalue weighted by molar-refractivity contribution is -0.384. The molecule has 2 aromatic carbocycles. The second-order valence-electron chi connectivity index (χ2n) is 5.46. The lowest BCUT2D eigenvalue weighted by Crippen LogP contribution is -2.30. The summed E-state index contributed by atoms with van der Waals surface area (Å²) < 4.78 is 26.7. The highest BCUT2D eigenvalue weighted by Crippen LogP contribution is 2.29. The average molecular weight is 412 g/mol. The third kappa shape index (κ3) is 4.62. The van der Waals surface area contributed by atoms with E-state index in [4.69, 9.17) is 11.6 Å². The molecule has 27 heavy (non-hydrogen) atoms. The van der Waals surface area contributed by atoms with Crippen molar-refractivity contribution in [3.05, 3.63) is 57.1 Å². The molecule has 10 heteroatoms. The quantitative estimate of drug-likeness (QED) is 0.423. The minimum atomic E-state index is -3.77. The summed E-state index contributed by atoms with van der Waals surface area (Å²) in [6.45, 7) is 4.04. The minimum absolute atomic E-state index is 0.0686. The van der Waals surface area contributed by atoms with Crippen molar-refractivity contribution in [3.8, 4) is 5.75 Å². The van der Waals surface area contributed by atoms with E-state index in [9.17, 15) is 23.6 Å². The van der Waals surface area contributed by atoms with Gasteiger partial charge >= 0.3 is 0 Å². The van der Waals surface area contributed by atoms with E-state index >= 15 is 0 Å². The summed E-state index contributed by atoms with van der Waals surface area (Å²) in [5.41, 5.74) is 0.207. The molecular weight excluding hydrogens is 394 g/mol. The van der Waals surface area contributed by atoms with E-state index in [1.807, 2.05) is 0 Å². The van der Waals surface area contributed by atoms with Crippen molar-refractivity contribution in [3.63, 3.8) is 0 Å². The molecule has 144 valence electrons. The number of benzene rings is 2. The van der Waals surface area contributed by atoms with Crippen LogP contribution in [0.2, 0.25) is 5.02 Å². The van der Waals surface area contributed by atoms with Crippen LogP contribution in [-0.2, 0) is 10.0 Å². The van der Waals surface area contributed by atoms with E-state index in [1.54, 1.807) is 13.8 Å². The topological polar surface area (TPSA) is 113 Å². The maximum atomic E-state index is 12.7. The first kappa shape index (κ1) is 20.8. The molecule has 0 fully saturated rings. The fourth-order valence-corrected chi connectivity index (χ4v) is 4.33. The van der Waals surface area contributed by atoms with Gasteiger partial charge in [0.05, 0.1) is 15.6 Å². The number of sulfonamides is 1. The Bertz CT molecular complexity index is 988. The van der Waals surface area contributed by atoms with Crippen LogP contribution in [0.25, 0.3) is 0 Å². The number of aliphatic imine (C=N–C) groups is 1. The lowest BCUT2D eigenvalue weighted by atomic mass is 10.2. The number of nitrogens with zero attached hydrogens (tertiary/aromatic N) is 3. The van der Waals surface area contributed by atoms with Crippen LogP contribution in [0.1, 0.15) is 19.4 Å². The molecule has 0 bridgehead atoms. The third-order valence-corrected chi connectivity index (χ3v) is 6.34. The molecule has 0 saturated heterocycles. The van der Waals surface area contributed by atoms with Gasteiger partial charge in [0, 0.05) is 37.0 Å². The average Bonchev–Trinajstić information content (AvgIpc) is 2.62. The number of rotatable bonds is 7. The Morgan fingerprint density at radius 1 is 1.22 bits per heavy atom. The van der Waals surface area contributed by atoms with Gasteiger partial charge in [0.2, 0.25) is 10.0 Å². The van der Waals surface area contributed by atoms with Crippen molar-refractivity contribution >= 4 is 39.2 Å². The predicted octanol–water partition coefficient (Wildman–Crippen LogP) is 3.73. The van der Waals surface area contributed by atoms with Gasteiger partial charge in [0.25, 0.3) is 5.69 Å². The fourth-order valence-electron chi connectivity index (χ4n) is 2.38. The summed E-state index contributed by atoms with van der Waals surface area (Å²) in [6.07, 6.45) is 1.22. The molecule has 0 aromatic heterocycles. The first-order valence-corrected chi connectivity index (χ1v) is 9.83. The largest absolute Gasteiger partial charge is 0.507 e. The second-order valence-corrected chi connectivity index (χ2v) is 7.78. The van der Waals surface area contributed by atoms with Gasteiger partial charge in [-0.2, -0.15) is 4.31 Å². The van der Waals surface area contributed by atoms with E-state index in [0.29, 0.717) is 13.1 Å². The Balaban J connectivity index is 2.44. The van der Waals surface area contributed by atoms with Gasteiger partial charge in [-0.3, -0.25) is 15.1 Å². The van der Waals surface area contributed by atoms with Gasteiger partial charge in [-0.25, -0.2) is 8.42 Å². The van der Waals surface area contributed by atoms with Crippen LogP contribution in [-0.4, -0.2) is 42.1 Å². The molecule has 0 saturated carbocycles. The maximum absolute atomic E-state index is 12.7. The molecule has 0 heterocycles. The highest BCUT2D eigenvalue weighted by atomic mass is 35.5. The van der Waals surface area contributed by atoms with Gasteiger partial charge in [-0.15, -0.1) is 0 Å². The molecule has 0 unspecified atom stereocenters. The van der Waals surface area contributed by atoms with Gasteiger partial charge in [0.1, 0.15) is 10.6 Å². The van der Waals surface area contributed by atoms with Crippen LogP contribution in [0.3, 0.4) is 0 Å². The number of phenolic OH excluding ortho intramolecular Hbond substituents is 1. The number of hydrogen-bond donors (Lipinski definition) is 1. The van der Waals surface area contributed by atoms with Gasteiger partial charge in [-0.05, 0) is 24.3 Å². The molecule has 0 aliphatic heterocycles. The van der Waals surface area contributed by atoms with Crippen molar-refractivity contribution in [1.29, 1.82) is 0 Å². The standard InChI is InChI=1S/C17H18ClN3O5S/c1-3-20(4-2)27(25,26)17-10-13(5-7-15(17)18)19-11-12-9-14(21(23)24)6-8-16(12)22/h5-11,22H,3-4H2,1-2H3. The number of nitro benzene ring substituents is 1. The Kier molecular flexibility index (Phi) is 6.53. The first-order chi connectivity index (χ1) is 12.7. The van der Waals surface area contributed by atoms with Crippen LogP contribution in [0.4, 0.5) is 11.4 Å². The van der Waals surface area contributed by atoms with Crippen LogP contribution in [0.15, 0.2) is 46.3 Å². The SMILES string of the molecule is CCN(CC)S(=O)(=O)c1cc(N=Cc2cc([N+](=O)[O-])ccc2O)ccc1Cl. The zero-order valence-electron chi connectivity index (χ0n) is 14.7.